The summed E-state index contributed by atoms with van der Waals surface area (Å²) in [6, 6.07) is 7.96. The van der Waals surface area contributed by atoms with Crippen molar-refractivity contribution in [3.05, 3.63) is 62.8 Å². The van der Waals surface area contributed by atoms with Crippen LogP contribution in [0.2, 0.25) is 0 Å². The van der Waals surface area contributed by atoms with Crippen LogP contribution in [0.15, 0.2) is 34.1 Å². The van der Waals surface area contributed by atoms with E-state index in [-0.39, 0.29) is 5.56 Å². The number of terminal acetylenes is 1. The average Bonchev–Trinajstić information content (AvgIpc) is 2.69. The van der Waals surface area contributed by atoms with Crippen molar-refractivity contribution in [2.24, 2.45) is 4.99 Å². The van der Waals surface area contributed by atoms with Crippen molar-refractivity contribution < 1.29 is 0 Å². The molecule has 26 heavy (non-hydrogen) atoms. The van der Waals surface area contributed by atoms with Crippen LogP contribution >= 0.6 is 0 Å². The van der Waals surface area contributed by atoms with E-state index in [1.165, 1.54) is 0 Å². The van der Waals surface area contributed by atoms with Crippen molar-refractivity contribution in [3.8, 4) is 12.3 Å². The number of benzene rings is 1. The Kier molecular flexibility index (Phi) is 4.68. The molecule has 1 aromatic carbocycles. The van der Waals surface area contributed by atoms with Crippen LogP contribution in [0.4, 0.5) is 0 Å². The van der Waals surface area contributed by atoms with Crippen molar-refractivity contribution in [2.45, 2.75) is 38.8 Å². The molecule has 0 bridgehead atoms. The number of hydrogen-bond acceptors (Lipinski definition) is 4. The zero-order valence-corrected chi connectivity index (χ0v) is 14.8. The molecule has 1 aromatic heterocycles. The highest BCUT2D eigenvalue weighted by atomic mass is 16.1. The van der Waals surface area contributed by atoms with Crippen molar-refractivity contribution in [1.29, 1.82) is 0 Å². The Bertz CT molecular complexity index is 951. The first-order valence-corrected chi connectivity index (χ1v) is 9.17. The molecule has 2 aromatic rings. The van der Waals surface area contributed by atoms with Crippen LogP contribution in [0.25, 0.3) is 0 Å². The summed E-state index contributed by atoms with van der Waals surface area (Å²) in [6.07, 6.45) is 9.51. The van der Waals surface area contributed by atoms with Gasteiger partial charge in [0, 0.05) is 38.2 Å². The molecule has 0 saturated carbocycles. The number of rotatable bonds is 3. The molecule has 0 saturated heterocycles. The van der Waals surface area contributed by atoms with E-state index >= 15 is 0 Å². The van der Waals surface area contributed by atoms with Gasteiger partial charge in [-0.15, -0.1) is 6.42 Å². The van der Waals surface area contributed by atoms with Gasteiger partial charge in [-0.25, -0.2) is 4.98 Å². The monoisotopic (exact) mass is 346 g/mol. The van der Waals surface area contributed by atoms with E-state index in [4.69, 9.17) is 11.4 Å². The molecule has 1 N–H and O–H groups in total. The van der Waals surface area contributed by atoms with E-state index in [1.807, 2.05) is 18.2 Å². The summed E-state index contributed by atoms with van der Waals surface area (Å²) in [5, 5.41) is 0. The fourth-order valence-corrected chi connectivity index (χ4v) is 3.68. The second-order valence-corrected chi connectivity index (χ2v) is 6.89. The van der Waals surface area contributed by atoms with Gasteiger partial charge in [-0.1, -0.05) is 24.1 Å². The molecule has 0 radical (unpaired) electrons. The maximum Gasteiger partial charge on any atom is 0.255 e. The number of aromatic nitrogens is 2. The van der Waals surface area contributed by atoms with Gasteiger partial charge in [-0.2, -0.15) is 0 Å². The fraction of sp³-hybridized carbons (Fsp3) is 0.381. The molecule has 0 aliphatic carbocycles. The smallest absolute Gasteiger partial charge is 0.255 e. The molecular weight excluding hydrogens is 324 g/mol. The van der Waals surface area contributed by atoms with E-state index < -0.39 is 0 Å². The molecular formula is C21H22N4O. The van der Waals surface area contributed by atoms with Crippen LogP contribution < -0.4 is 5.56 Å². The lowest BCUT2D eigenvalue weighted by Crippen LogP contribution is -2.36. The van der Waals surface area contributed by atoms with Gasteiger partial charge in [0.2, 0.25) is 0 Å². The summed E-state index contributed by atoms with van der Waals surface area (Å²) in [6.45, 7) is 3.05. The summed E-state index contributed by atoms with van der Waals surface area (Å²) in [5.74, 6) is 3.41. The predicted octanol–water partition coefficient (Wildman–Crippen LogP) is 2.28. The number of nitrogens with one attached hydrogen (secondary N) is 1. The standard InChI is InChI=1S/C21H22N4O/c1-2-15-7-3-4-8-16(15)13-25-12-10-18-17(14-25)21(26)24-20(23-18)19-9-5-6-11-22-19/h1,3-4,7-8H,5-6,9-14H2,(H,23,24,26). The Morgan fingerprint density at radius 3 is 2.92 bits per heavy atom. The van der Waals surface area contributed by atoms with Crippen LogP contribution in [0.5, 0.6) is 0 Å². The molecule has 4 rings (SSSR count). The average molecular weight is 346 g/mol. The lowest BCUT2D eigenvalue weighted by molar-refractivity contribution is 0.241. The predicted molar refractivity (Wildman–Crippen MR) is 102 cm³/mol. The van der Waals surface area contributed by atoms with E-state index in [0.717, 1.165) is 73.4 Å². The molecule has 0 atom stereocenters. The Morgan fingerprint density at radius 2 is 2.12 bits per heavy atom. The third-order valence-corrected chi connectivity index (χ3v) is 5.11. The first-order chi connectivity index (χ1) is 12.7. The Morgan fingerprint density at radius 1 is 1.23 bits per heavy atom. The summed E-state index contributed by atoms with van der Waals surface area (Å²) < 4.78 is 0. The molecule has 0 spiro atoms. The third-order valence-electron chi connectivity index (χ3n) is 5.11. The molecule has 5 nitrogen and oxygen atoms in total. The SMILES string of the molecule is C#Cc1ccccc1CN1CCc2nc(C3=NCCCC3)[nH]c(=O)c2C1. The number of aliphatic imine (C=N–C) groups is 1. The maximum atomic E-state index is 12.6. The van der Waals surface area contributed by atoms with Crippen LogP contribution in [0, 0.1) is 12.3 Å². The number of fused-ring (bicyclic) bond motifs is 1. The Labute approximate surface area is 153 Å². The number of hydrogen-bond donors (Lipinski definition) is 1. The van der Waals surface area contributed by atoms with Crippen molar-refractivity contribution >= 4 is 5.71 Å². The highest BCUT2D eigenvalue weighted by Gasteiger charge is 2.23. The summed E-state index contributed by atoms with van der Waals surface area (Å²) in [5.41, 5.74) is 4.63. The van der Waals surface area contributed by atoms with Crippen molar-refractivity contribution in [2.75, 3.05) is 13.1 Å². The number of H-pyrrole nitrogens is 1. The van der Waals surface area contributed by atoms with Gasteiger partial charge < -0.3 is 4.98 Å². The van der Waals surface area contributed by atoms with Crippen LogP contribution in [0.1, 0.15) is 47.5 Å². The van der Waals surface area contributed by atoms with Gasteiger partial charge in [0.1, 0.15) is 0 Å². The summed E-state index contributed by atoms with van der Waals surface area (Å²) in [4.78, 5) is 27.1. The van der Waals surface area contributed by atoms with Gasteiger partial charge in [0.05, 0.1) is 17.0 Å². The topological polar surface area (TPSA) is 61.4 Å². The van der Waals surface area contributed by atoms with Crippen LogP contribution in [0.3, 0.4) is 0 Å². The second kappa shape index (κ2) is 7.27. The zero-order valence-electron chi connectivity index (χ0n) is 14.8. The molecule has 2 aliphatic rings. The quantitative estimate of drug-likeness (QED) is 0.868. The second-order valence-electron chi connectivity index (χ2n) is 6.89. The van der Waals surface area contributed by atoms with Gasteiger partial charge >= 0.3 is 0 Å². The Hall–Kier alpha value is -2.71. The molecule has 3 heterocycles. The lowest BCUT2D eigenvalue weighted by Gasteiger charge is -2.28. The lowest BCUT2D eigenvalue weighted by atomic mass is 10.0. The highest BCUT2D eigenvalue weighted by Crippen LogP contribution is 2.19. The maximum absolute atomic E-state index is 12.6. The van der Waals surface area contributed by atoms with Crippen LogP contribution in [-0.2, 0) is 19.5 Å². The molecule has 5 heteroatoms. The molecule has 0 unspecified atom stereocenters. The number of aromatic amines is 1. The number of nitrogens with zero attached hydrogens (tertiary/aromatic N) is 3. The Balaban J connectivity index is 1.57. The molecule has 0 fully saturated rings. The van der Waals surface area contributed by atoms with Crippen LogP contribution in [-0.4, -0.2) is 33.7 Å². The van der Waals surface area contributed by atoms with Crippen molar-refractivity contribution in [1.82, 2.24) is 14.9 Å². The minimum atomic E-state index is -0.0341. The summed E-state index contributed by atoms with van der Waals surface area (Å²) >= 11 is 0. The van der Waals surface area contributed by atoms with Crippen molar-refractivity contribution in [3.63, 3.8) is 0 Å². The van der Waals surface area contributed by atoms with E-state index in [9.17, 15) is 4.79 Å². The minimum absolute atomic E-state index is 0.0341. The first-order valence-electron chi connectivity index (χ1n) is 9.17. The largest absolute Gasteiger partial charge is 0.305 e. The van der Waals surface area contributed by atoms with Gasteiger partial charge in [0.15, 0.2) is 5.82 Å². The molecule has 2 aliphatic heterocycles. The van der Waals surface area contributed by atoms with Gasteiger partial charge in [0.25, 0.3) is 5.56 Å². The van der Waals surface area contributed by atoms with Gasteiger partial charge in [-0.05, 0) is 30.9 Å². The minimum Gasteiger partial charge on any atom is -0.305 e. The first kappa shape index (κ1) is 16.7. The fourth-order valence-electron chi connectivity index (χ4n) is 3.68. The molecule has 132 valence electrons. The third kappa shape index (κ3) is 3.33. The molecule has 0 amide bonds. The van der Waals surface area contributed by atoms with E-state index in [2.05, 4.69) is 26.9 Å². The highest BCUT2D eigenvalue weighted by molar-refractivity contribution is 5.97. The zero-order chi connectivity index (χ0) is 17.9. The summed E-state index contributed by atoms with van der Waals surface area (Å²) in [7, 11) is 0. The van der Waals surface area contributed by atoms with Gasteiger partial charge in [-0.3, -0.25) is 14.7 Å². The normalized spacial score (nSPS) is 17.3. The van der Waals surface area contributed by atoms with E-state index in [1.54, 1.807) is 0 Å². The van der Waals surface area contributed by atoms with E-state index in [0.29, 0.717) is 12.4 Å².